The van der Waals surface area contributed by atoms with Crippen molar-refractivity contribution in [3.8, 4) is 0 Å². The zero-order valence-electron chi connectivity index (χ0n) is 15.3. The van der Waals surface area contributed by atoms with Gasteiger partial charge in [-0.1, -0.05) is 36.4 Å². The number of likely N-dealkylation sites (tertiary alicyclic amines) is 1. The van der Waals surface area contributed by atoms with Gasteiger partial charge < -0.3 is 9.80 Å². The molecule has 1 fully saturated rings. The number of benzene rings is 1. The third kappa shape index (κ3) is 3.22. The van der Waals surface area contributed by atoms with Crippen LogP contribution < -0.4 is 0 Å². The fourth-order valence-electron chi connectivity index (χ4n) is 4.28. The van der Waals surface area contributed by atoms with Crippen LogP contribution in [0.2, 0.25) is 0 Å². The van der Waals surface area contributed by atoms with Crippen molar-refractivity contribution in [1.82, 2.24) is 9.80 Å². The van der Waals surface area contributed by atoms with Crippen LogP contribution in [0.3, 0.4) is 0 Å². The molecule has 3 rings (SSSR count). The maximum atomic E-state index is 13.6. The molecule has 0 bridgehead atoms. The highest BCUT2D eigenvalue weighted by Gasteiger charge is 2.50. The largest absolute Gasteiger partial charge is 0.338 e. The van der Waals surface area contributed by atoms with Gasteiger partial charge in [-0.05, 0) is 45.1 Å². The van der Waals surface area contributed by atoms with Gasteiger partial charge in [0.25, 0.3) is 0 Å². The van der Waals surface area contributed by atoms with Crippen molar-refractivity contribution in [2.45, 2.75) is 52.5 Å². The number of carbonyl (C=O) groups is 2. The summed E-state index contributed by atoms with van der Waals surface area (Å²) in [4.78, 5) is 29.7. The van der Waals surface area contributed by atoms with Gasteiger partial charge in [0.2, 0.25) is 11.8 Å². The summed E-state index contributed by atoms with van der Waals surface area (Å²) >= 11 is 0. The number of fused-ring (bicyclic) bond motifs is 1. The van der Waals surface area contributed by atoms with E-state index in [-0.39, 0.29) is 11.8 Å². The Morgan fingerprint density at radius 1 is 1.20 bits per heavy atom. The molecule has 1 aliphatic heterocycles. The number of allylic oxidation sites excluding steroid dienone is 1. The number of hydrogen-bond acceptors (Lipinski definition) is 2. The Bertz CT molecular complexity index is 668. The van der Waals surface area contributed by atoms with Gasteiger partial charge in [-0.3, -0.25) is 9.59 Å². The lowest BCUT2D eigenvalue weighted by Crippen LogP contribution is -2.53. The molecule has 25 heavy (non-hydrogen) atoms. The van der Waals surface area contributed by atoms with Crippen LogP contribution in [0, 0.1) is 5.41 Å². The first-order valence-corrected chi connectivity index (χ1v) is 9.46. The summed E-state index contributed by atoms with van der Waals surface area (Å²) in [6, 6.07) is 10.1. The van der Waals surface area contributed by atoms with Crippen LogP contribution >= 0.6 is 0 Å². The van der Waals surface area contributed by atoms with Crippen molar-refractivity contribution in [3.63, 3.8) is 0 Å². The van der Waals surface area contributed by atoms with Crippen molar-refractivity contribution >= 4 is 11.8 Å². The molecule has 0 aromatic heterocycles. The lowest BCUT2D eigenvalue weighted by Gasteiger charge is -2.47. The minimum Gasteiger partial charge on any atom is -0.338 e. The monoisotopic (exact) mass is 340 g/mol. The summed E-state index contributed by atoms with van der Waals surface area (Å²) in [5.41, 5.74) is 1.61. The van der Waals surface area contributed by atoms with Crippen molar-refractivity contribution < 1.29 is 9.59 Å². The Morgan fingerprint density at radius 2 is 1.96 bits per heavy atom. The Kier molecular flexibility index (Phi) is 5.26. The number of carbonyl (C=O) groups excluding carboxylic acids is 2. The second kappa shape index (κ2) is 7.42. The highest BCUT2D eigenvalue weighted by atomic mass is 16.2. The minimum absolute atomic E-state index is 0.158. The van der Waals surface area contributed by atoms with E-state index in [4.69, 9.17) is 0 Å². The number of piperidine rings is 1. The minimum atomic E-state index is -0.507. The molecule has 2 aliphatic rings. The Hall–Kier alpha value is -2.10. The molecule has 1 unspecified atom stereocenters. The molecular formula is C21H28N2O2. The SMILES string of the molecule is CCN(Cc1ccccc1)C(=O)C12CCCC=C1N(CC)C(=O)CC2. The second-order valence-corrected chi connectivity index (χ2v) is 7.01. The fraction of sp³-hybridized carbons (Fsp3) is 0.524. The standard InChI is InChI=1S/C21H28N2O2/c1-3-22(16-17-10-6-5-7-11-17)20(25)21-14-9-8-12-18(21)23(4-2)19(24)13-15-21/h5-7,10-12H,3-4,8-9,13-16H2,1-2H3. The molecule has 4 heteroatoms. The first-order valence-electron chi connectivity index (χ1n) is 9.46. The van der Waals surface area contributed by atoms with E-state index < -0.39 is 5.41 Å². The third-order valence-electron chi connectivity index (χ3n) is 5.60. The van der Waals surface area contributed by atoms with E-state index in [2.05, 4.69) is 18.2 Å². The van der Waals surface area contributed by atoms with Gasteiger partial charge in [-0.25, -0.2) is 0 Å². The second-order valence-electron chi connectivity index (χ2n) is 7.01. The Morgan fingerprint density at radius 3 is 2.64 bits per heavy atom. The Balaban J connectivity index is 1.91. The molecule has 0 spiro atoms. The lowest BCUT2D eigenvalue weighted by atomic mass is 9.68. The van der Waals surface area contributed by atoms with Crippen LogP contribution in [0.25, 0.3) is 0 Å². The van der Waals surface area contributed by atoms with Crippen LogP contribution in [-0.4, -0.2) is 34.7 Å². The van der Waals surface area contributed by atoms with Gasteiger partial charge in [0, 0.05) is 31.8 Å². The molecule has 4 nitrogen and oxygen atoms in total. The molecule has 1 aromatic rings. The predicted octanol–water partition coefficient (Wildman–Crippen LogP) is 3.73. The van der Waals surface area contributed by atoms with E-state index in [0.29, 0.717) is 32.5 Å². The summed E-state index contributed by atoms with van der Waals surface area (Å²) < 4.78 is 0. The van der Waals surface area contributed by atoms with Gasteiger partial charge in [-0.2, -0.15) is 0 Å². The number of hydrogen-bond donors (Lipinski definition) is 0. The first-order chi connectivity index (χ1) is 12.1. The van der Waals surface area contributed by atoms with Gasteiger partial charge in [-0.15, -0.1) is 0 Å². The molecule has 0 saturated carbocycles. The molecule has 2 amide bonds. The fourth-order valence-corrected chi connectivity index (χ4v) is 4.28. The van der Waals surface area contributed by atoms with Crippen LogP contribution in [0.15, 0.2) is 42.1 Å². The molecule has 1 heterocycles. The van der Waals surface area contributed by atoms with Gasteiger partial charge in [0.15, 0.2) is 0 Å². The molecule has 0 N–H and O–H groups in total. The molecule has 0 radical (unpaired) electrons. The van der Waals surface area contributed by atoms with E-state index in [0.717, 1.165) is 30.5 Å². The maximum absolute atomic E-state index is 13.6. The molecule has 134 valence electrons. The van der Waals surface area contributed by atoms with Gasteiger partial charge >= 0.3 is 0 Å². The summed E-state index contributed by atoms with van der Waals surface area (Å²) in [5, 5.41) is 0. The number of nitrogens with zero attached hydrogens (tertiary/aromatic N) is 2. The van der Waals surface area contributed by atoms with Gasteiger partial charge in [0.05, 0.1) is 5.41 Å². The molecule has 1 aromatic carbocycles. The van der Waals surface area contributed by atoms with E-state index in [9.17, 15) is 9.59 Å². The average molecular weight is 340 g/mol. The number of rotatable bonds is 5. The average Bonchev–Trinajstić information content (AvgIpc) is 2.66. The van der Waals surface area contributed by atoms with E-state index in [1.165, 1.54) is 0 Å². The summed E-state index contributed by atoms with van der Waals surface area (Å²) in [6.07, 6.45) is 6.09. The normalized spacial score (nSPS) is 23.0. The first kappa shape index (κ1) is 17.7. The van der Waals surface area contributed by atoms with Gasteiger partial charge in [0.1, 0.15) is 0 Å². The summed E-state index contributed by atoms with van der Waals surface area (Å²) in [6.45, 7) is 5.99. The van der Waals surface area contributed by atoms with Crippen LogP contribution in [0.5, 0.6) is 0 Å². The summed E-state index contributed by atoms with van der Waals surface area (Å²) in [5.74, 6) is 0.348. The van der Waals surface area contributed by atoms with Crippen molar-refractivity contribution in [3.05, 3.63) is 47.7 Å². The highest BCUT2D eigenvalue weighted by Crippen LogP contribution is 2.48. The van der Waals surface area contributed by atoms with E-state index >= 15 is 0 Å². The number of amides is 2. The van der Waals surface area contributed by atoms with Crippen molar-refractivity contribution in [1.29, 1.82) is 0 Å². The highest BCUT2D eigenvalue weighted by molar-refractivity contribution is 5.91. The van der Waals surface area contributed by atoms with Crippen LogP contribution in [0.1, 0.15) is 51.5 Å². The zero-order chi connectivity index (χ0) is 17.9. The topological polar surface area (TPSA) is 40.6 Å². The smallest absolute Gasteiger partial charge is 0.235 e. The third-order valence-corrected chi connectivity index (χ3v) is 5.60. The van der Waals surface area contributed by atoms with Crippen LogP contribution in [0.4, 0.5) is 0 Å². The Labute approximate surface area is 150 Å². The molecule has 1 aliphatic carbocycles. The maximum Gasteiger partial charge on any atom is 0.235 e. The molecule has 1 saturated heterocycles. The van der Waals surface area contributed by atoms with Crippen LogP contribution in [-0.2, 0) is 16.1 Å². The molecule has 1 atom stereocenters. The zero-order valence-corrected chi connectivity index (χ0v) is 15.3. The van der Waals surface area contributed by atoms with Crippen molar-refractivity contribution in [2.75, 3.05) is 13.1 Å². The lowest BCUT2D eigenvalue weighted by molar-refractivity contribution is -0.148. The predicted molar refractivity (Wildman–Crippen MR) is 98.5 cm³/mol. The van der Waals surface area contributed by atoms with E-state index in [1.54, 1.807) is 0 Å². The quantitative estimate of drug-likeness (QED) is 0.819. The van der Waals surface area contributed by atoms with E-state index in [1.807, 2.05) is 41.8 Å². The molecular weight excluding hydrogens is 312 g/mol. The van der Waals surface area contributed by atoms with Crippen molar-refractivity contribution in [2.24, 2.45) is 5.41 Å². The summed E-state index contributed by atoms with van der Waals surface area (Å²) in [7, 11) is 0.